The van der Waals surface area contributed by atoms with Gasteiger partial charge in [-0.25, -0.2) is 0 Å². The molecule has 2 fully saturated rings. The van der Waals surface area contributed by atoms with Gasteiger partial charge in [0.05, 0.1) is 12.6 Å². The van der Waals surface area contributed by atoms with E-state index in [9.17, 15) is 14.4 Å². The summed E-state index contributed by atoms with van der Waals surface area (Å²) in [6.45, 7) is 2.73. The van der Waals surface area contributed by atoms with E-state index in [0.29, 0.717) is 0 Å². The van der Waals surface area contributed by atoms with Gasteiger partial charge >= 0.3 is 0 Å². The van der Waals surface area contributed by atoms with Crippen LogP contribution in [0.5, 0.6) is 0 Å². The summed E-state index contributed by atoms with van der Waals surface area (Å²) in [5.74, 6) is 1.56. The molecule has 3 amide bonds. The van der Waals surface area contributed by atoms with Crippen molar-refractivity contribution in [2.45, 2.75) is 25.3 Å². The summed E-state index contributed by atoms with van der Waals surface area (Å²) in [4.78, 5) is 42.8. The van der Waals surface area contributed by atoms with Crippen molar-refractivity contribution < 1.29 is 14.4 Å². The Morgan fingerprint density at radius 2 is 1.82 bits per heavy atom. The van der Waals surface area contributed by atoms with Gasteiger partial charge in [-0.05, 0) is 31.5 Å². The van der Waals surface area contributed by atoms with Gasteiger partial charge in [-0.3, -0.25) is 19.3 Å². The fourth-order valence-electron chi connectivity index (χ4n) is 3.78. The number of para-hydroxylation sites is 1. The highest BCUT2D eigenvalue weighted by atomic mass is 32.2. The van der Waals surface area contributed by atoms with Crippen LogP contribution in [0.15, 0.2) is 30.3 Å². The Morgan fingerprint density at radius 1 is 1.11 bits per heavy atom. The second-order valence-corrected chi connectivity index (χ2v) is 8.39. The molecule has 0 radical (unpaired) electrons. The van der Waals surface area contributed by atoms with Crippen LogP contribution in [0.3, 0.4) is 0 Å². The molecule has 0 spiro atoms. The third kappa shape index (κ3) is 5.26. The van der Waals surface area contributed by atoms with Crippen LogP contribution in [0.25, 0.3) is 0 Å². The lowest BCUT2D eigenvalue weighted by atomic mass is 10.2. The van der Waals surface area contributed by atoms with E-state index in [1.54, 1.807) is 4.90 Å². The number of nitrogens with zero attached hydrogens (tertiary/aromatic N) is 3. The Balaban J connectivity index is 1.67. The van der Waals surface area contributed by atoms with Crippen LogP contribution in [0.2, 0.25) is 0 Å². The molecule has 0 aromatic heterocycles. The zero-order valence-electron chi connectivity index (χ0n) is 16.1. The molecule has 1 aromatic carbocycles. The summed E-state index contributed by atoms with van der Waals surface area (Å²) < 4.78 is 0. The van der Waals surface area contributed by atoms with Crippen LogP contribution < -0.4 is 10.6 Å². The minimum absolute atomic E-state index is 0.106. The van der Waals surface area contributed by atoms with Gasteiger partial charge in [0, 0.05) is 43.2 Å². The summed E-state index contributed by atoms with van der Waals surface area (Å²) in [5, 5.41) is 0. The molecule has 2 aliphatic rings. The average Bonchev–Trinajstić information content (AvgIpc) is 3.17. The SMILES string of the molecule is NC(=O)CCN(C(=O)CN1CCCC1C(=O)N1CCSCC1)c1ccccc1. The number of anilines is 1. The molecule has 1 unspecified atom stereocenters. The molecule has 2 aliphatic heterocycles. The second-order valence-electron chi connectivity index (χ2n) is 7.16. The van der Waals surface area contributed by atoms with E-state index in [0.717, 1.165) is 49.7 Å². The molecular formula is C20H28N4O3S. The van der Waals surface area contributed by atoms with E-state index in [1.165, 1.54) is 0 Å². The molecule has 1 aromatic rings. The van der Waals surface area contributed by atoms with E-state index >= 15 is 0 Å². The highest BCUT2D eigenvalue weighted by Gasteiger charge is 2.35. The first kappa shape index (κ1) is 20.7. The van der Waals surface area contributed by atoms with Gasteiger partial charge in [0.15, 0.2) is 0 Å². The number of hydrogen-bond acceptors (Lipinski definition) is 5. The Morgan fingerprint density at radius 3 is 2.50 bits per heavy atom. The van der Waals surface area contributed by atoms with Crippen molar-refractivity contribution >= 4 is 35.2 Å². The molecule has 7 nitrogen and oxygen atoms in total. The zero-order valence-corrected chi connectivity index (χ0v) is 16.9. The van der Waals surface area contributed by atoms with Gasteiger partial charge in [-0.15, -0.1) is 0 Å². The van der Waals surface area contributed by atoms with Crippen molar-refractivity contribution in [2.75, 3.05) is 49.1 Å². The fraction of sp³-hybridized carbons (Fsp3) is 0.550. The molecule has 152 valence electrons. The van der Waals surface area contributed by atoms with E-state index in [2.05, 4.69) is 0 Å². The molecular weight excluding hydrogens is 376 g/mol. The monoisotopic (exact) mass is 404 g/mol. The molecule has 0 saturated carbocycles. The first-order valence-electron chi connectivity index (χ1n) is 9.80. The zero-order chi connectivity index (χ0) is 19.9. The third-order valence-corrected chi connectivity index (χ3v) is 6.20. The Bertz CT molecular complexity index is 694. The van der Waals surface area contributed by atoms with Crippen molar-refractivity contribution in [3.8, 4) is 0 Å². The maximum absolute atomic E-state index is 13.1. The normalized spacial score (nSPS) is 20.1. The van der Waals surface area contributed by atoms with Gasteiger partial charge in [0.1, 0.15) is 0 Å². The molecule has 2 heterocycles. The number of primary amides is 1. The second kappa shape index (κ2) is 9.93. The van der Waals surface area contributed by atoms with Gasteiger partial charge < -0.3 is 15.5 Å². The number of amides is 3. The third-order valence-electron chi connectivity index (χ3n) is 5.26. The predicted octanol–water partition coefficient (Wildman–Crippen LogP) is 0.935. The lowest BCUT2D eigenvalue weighted by Crippen LogP contribution is -2.51. The lowest BCUT2D eigenvalue weighted by molar-refractivity contribution is -0.136. The molecule has 3 rings (SSSR count). The van der Waals surface area contributed by atoms with E-state index in [1.807, 2.05) is 51.9 Å². The molecule has 2 N–H and O–H groups in total. The molecule has 8 heteroatoms. The summed E-state index contributed by atoms with van der Waals surface area (Å²) in [5.41, 5.74) is 6.03. The highest BCUT2D eigenvalue weighted by molar-refractivity contribution is 7.99. The number of rotatable bonds is 7. The Kier molecular flexibility index (Phi) is 7.33. The first-order chi connectivity index (χ1) is 13.6. The van der Waals surface area contributed by atoms with Crippen LogP contribution in [-0.2, 0) is 14.4 Å². The minimum Gasteiger partial charge on any atom is -0.370 e. The first-order valence-corrected chi connectivity index (χ1v) is 11.0. The highest BCUT2D eigenvalue weighted by Crippen LogP contribution is 2.22. The Labute approximate surface area is 170 Å². The number of likely N-dealkylation sites (tertiary alicyclic amines) is 1. The van der Waals surface area contributed by atoms with Crippen LogP contribution in [0, 0.1) is 0 Å². The molecule has 0 bridgehead atoms. The number of carbonyl (C=O) groups is 3. The summed E-state index contributed by atoms with van der Waals surface area (Å²) >= 11 is 1.87. The van der Waals surface area contributed by atoms with E-state index < -0.39 is 5.91 Å². The van der Waals surface area contributed by atoms with Crippen LogP contribution in [-0.4, -0.2) is 77.8 Å². The fourth-order valence-corrected chi connectivity index (χ4v) is 4.68. The van der Waals surface area contributed by atoms with Gasteiger partial charge in [-0.1, -0.05) is 18.2 Å². The molecule has 1 atom stereocenters. The largest absolute Gasteiger partial charge is 0.370 e. The Hall–Kier alpha value is -2.06. The number of thioether (sulfide) groups is 1. The van der Waals surface area contributed by atoms with E-state index in [-0.39, 0.29) is 37.4 Å². The molecule has 0 aliphatic carbocycles. The van der Waals surface area contributed by atoms with Gasteiger partial charge in [0.2, 0.25) is 17.7 Å². The van der Waals surface area contributed by atoms with Crippen molar-refractivity contribution in [3.05, 3.63) is 30.3 Å². The predicted molar refractivity (Wildman–Crippen MR) is 111 cm³/mol. The van der Waals surface area contributed by atoms with Crippen LogP contribution in [0.1, 0.15) is 19.3 Å². The van der Waals surface area contributed by atoms with Gasteiger partial charge in [0.25, 0.3) is 0 Å². The number of hydrogen-bond donors (Lipinski definition) is 1. The van der Waals surface area contributed by atoms with Crippen molar-refractivity contribution in [1.82, 2.24) is 9.80 Å². The van der Waals surface area contributed by atoms with Crippen molar-refractivity contribution in [1.29, 1.82) is 0 Å². The summed E-state index contributed by atoms with van der Waals surface area (Å²) in [6.07, 6.45) is 1.82. The van der Waals surface area contributed by atoms with Crippen LogP contribution >= 0.6 is 11.8 Å². The summed E-state index contributed by atoms with van der Waals surface area (Å²) in [6, 6.07) is 9.06. The lowest BCUT2D eigenvalue weighted by Gasteiger charge is -2.33. The smallest absolute Gasteiger partial charge is 0.241 e. The number of nitrogens with two attached hydrogens (primary N) is 1. The van der Waals surface area contributed by atoms with Crippen molar-refractivity contribution in [2.24, 2.45) is 5.73 Å². The van der Waals surface area contributed by atoms with Crippen LogP contribution in [0.4, 0.5) is 5.69 Å². The minimum atomic E-state index is -0.439. The average molecular weight is 405 g/mol. The molecule has 28 heavy (non-hydrogen) atoms. The number of benzene rings is 1. The summed E-state index contributed by atoms with van der Waals surface area (Å²) in [7, 11) is 0. The standard InChI is InChI=1S/C20H28N4O3S/c21-18(25)8-10-24(16-5-2-1-3-6-16)19(26)15-23-9-4-7-17(23)20(27)22-11-13-28-14-12-22/h1-3,5-6,17H,4,7-15H2,(H2,21,25). The van der Waals surface area contributed by atoms with Crippen molar-refractivity contribution in [3.63, 3.8) is 0 Å². The number of carbonyl (C=O) groups excluding carboxylic acids is 3. The van der Waals surface area contributed by atoms with Gasteiger partial charge in [-0.2, -0.15) is 11.8 Å². The maximum Gasteiger partial charge on any atom is 0.241 e. The van der Waals surface area contributed by atoms with E-state index in [4.69, 9.17) is 5.73 Å². The maximum atomic E-state index is 13.1. The molecule has 2 saturated heterocycles. The topological polar surface area (TPSA) is 87.0 Å². The quantitative estimate of drug-likeness (QED) is 0.731.